The van der Waals surface area contributed by atoms with E-state index in [0.29, 0.717) is 5.16 Å². The Kier molecular flexibility index (Phi) is 4.06. The van der Waals surface area contributed by atoms with Gasteiger partial charge >= 0.3 is 0 Å². The molecule has 0 aliphatic rings. The Bertz CT molecular complexity index is 566. The fourth-order valence-corrected chi connectivity index (χ4v) is 2.13. The number of hydrogen-bond donors (Lipinski definition) is 3. The van der Waals surface area contributed by atoms with Crippen LogP contribution in [0, 0.1) is 6.92 Å². The third-order valence-electron chi connectivity index (χ3n) is 2.45. The minimum atomic E-state index is -0.309. The molecule has 1 aromatic carbocycles. The molecular formula is C12H15N5OS. The van der Waals surface area contributed by atoms with Gasteiger partial charge in [-0.25, -0.2) is 5.10 Å². The molecule has 0 unspecified atom stereocenters. The molecule has 1 heterocycles. The highest BCUT2D eigenvalue weighted by molar-refractivity contribution is 8.00. The van der Waals surface area contributed by atoms with Gasteiger partial charge in [0.15, 0.2) is 0 Å². The molecule has 1 aromatic heterocycles. The number of H-pyrrole nitrogens is 1. The summed E-state index contributed by atoms with van der Waals surface area (Å²) in [5, 5.41) is 9.40. The Labute approximate surface area is 115 Å². The van der Waals surface area contributed by atoms with Gasteiger partial charge in [0.25, 0.3) is 0 Å². The quantitative estimate of drug-likeness (QED) is 0.741. The number of nitrogens with zero attached hydrogens (tertiary/aromatic N) is 2. The molecule has 1 atom stereocenters. The fourth-order valence-electron chi connectivity index (χ4n) is 1.40. The zero-order valence-electron chi connectivity index (χ0n) is 10.7. The highest BCUT2D eigenvalue weighted by Gasteiger charge is 2.16. The van der Waals surface area contributed by atoms with Crippen molar-refractivity contribution in [3.63, 3.8) is 0 Å². The predicted molar refractivity (Wildman–Crippen MR) is 75.9 cm³/mol. The van der Waals surface area contributed by atoms with E-state index in [9.17, 15) is 4.79 Å². The molecule has 19 heavy (non-hydrogen) atoms. The second-order valence-electron chi connectivity index (χ2n) is 4.12. The van der Waals surface area contributed by atoms with Crippen LogP contribution >= 0.6 is 11.8 Å². The first-order chi connectivity index (χ1) is 9.04. The van der Waals surface area contributed by atoms with Gasteiger partial charge in [-0.1, -0.05) is 29.5 Å². The number of amides is 1. The summed E-state index contributed by atoms with van der Waals surface area (Å²) in [7, 11) is 0. The number of anilines is 2. The van der Waals surface area contributed by atoms with E-state index in [-0.39, 0.29) is 17.1 Å². The topological polar surface area (TPSA) is 96.7 Å². The lowest BCUT2D eigenvalue weighted by Crippen LogP contribution is -2.22. The zero-order valence-corrected chi connectivity index (χ0v) is 11.5. The number of benzene rings is 1. The summed E-state index contributed by atoms with van der Waals surface area (Å²) < 4.78 is 0. The van der Waals surface area contributed by atoms with E-state index in [0.717, 1.165) is 11.3 Å². The second kappa shape index (κ2) is 5.75. The first-order valence-electron chi connectivity index (χ1n) is 5.76. The number of nitrogens with two attached hydrogens (primary N) is 1. The lowest BCUT2D eigenvalue weighted by Gasteiger charge is -2.10. The molecule has 0 aliphatic carbocycles. The van der Waals surface area contributed by atoms with Crippen molar-refractivity contribution in [3.8, 4) is 0 Å². The number of nitrogen functional groups attached to an aromatic ring is 1. The van der Waals surface area contributed by atoms with Crippen molar-refractivity contribution in [1.29, 1.82) is 0 Å². The number of aryl methyl sites for hydroxylation is 1. The molecular weight excluding hydrogens is 262 g/mol. The van der Waals surface area contributed by atoms with Gasteiger partial charge in [0, 0.05) is 5.69 Å². The van der Waals surface area contributed by atoms with Crippen molar-refractivity contribution >= 4 is 29.3 Å². The lowest BCUT2D eigenvalue weighted by molar-refractivity contribution is -0.115. The summed E-state index contributed by atoms with van der Waals surface area (Å²) in [6, 6.07) is 7.64. The van der Waals surface area contributed by atoms with Crippen LogP contribution in [0.5, 0.6) is 0 Å². The van der Waals surface area contributed by atoms with Gasteiger partial charge in [-0.05, 0) is 26.0 Å². The maximum absolute atomic E-state index is 12.0. The fraction of sp³-hybridized carbons (Fsp3) is 0.250. The van der Waals surface area contributed by atoms with Crippen LogP contribution in [-0.2, 0) is 4.79 Å². The number of aromatic amines is 1. The second-order valence-corrected chi connectivity index (χ2v) is 5.43. The summed E-state index contributed by atoms with van der Waals surface area (Å²) >= 11 is 1.25. The SMILES string of the molecule is Cc1ccc(NC(=O)[C@@H](C)Sc2n[nH]c(N)n2)cc1. The molecule has 1 amide bonds. The van der Waals surface area contributed by atoms with Crippen molar-refractivity contribution in [2.75, 3.05) is 11.1 Å². The van der Waals surface area contributed by atoms with E-state index >= 15 is 0 Å². The standard InChI is InChI=1S/C12H15N5OS/c1-7-3-5-9(6-4-7)14-10(18)8(2)19-12-15-11(13)16-17-12/h3-6,8H,1-2H3,(H,14,18)(H3,13,15,16,17)/t8-/m1/s1. The highest BCUT2D eigenvalue weighted by Crippen LogP contribution is 2.21. The Hall–Kier alpha value is -2.02. The molecule has 4 N–H and O–H groups in total. The number of nitrogens with one attached hydrogen (secondary N) is 2. The third-order valence-corrected chi connectivity index (χ3v) is 3.41. The van der Waals surface area contributed by atoms with Crippen LogP contribution in [0.1, 0.15) is 12.5 Å². The van der Waals surface area contributed by atoms with Crippen LogP contribution < -0.4 is 11.1 Å². The largest absolute Gasteiger partial charge is 0.368 e. The van der Waals surface area contributed by atoms with Crippen LogP contribution in [0.15, 0.2) is 29.4 Å². The Morgan fingerprint density at radius 2 is 2.11 bits per heavy atom. The van der Waals surface area contributed by atoms with E-state index in [2.05, 4.69) is 20.5 Å². The molecule has 0 bridgehead atoms. The first-order valence-corrected chi connectivity index (χ1v) is 6.64. The normalized spacial score (nSPS) is 12.1. The maximum atomic E-state index is 12.0. The van der Waals surface area contributed by atoms with Crippen molar-refractivity contribution in [3.05, 3.63) is 29.8 Å². The predicted octanol–water partition coefficient (Wildman–Crippen LogP) is 1.81. The molecule has 0 aliphatic heterocycles. The molecule has 0 radical (unpaired) electrons. The molecule has 0 fully saturated rings. The van der Waals surface area contributed by atoms with E-state index in [1.54, 1.807) is 6.92 Å². The summed E-state index contributed by atoms with van der Waals surface area (Å²) in [4.78, 5) is 15.9. The van der Waals surface area contributed by atoms with E-state index in [4.69, 9.17) is 5.73 Å². The molecule has 100 valence electrons. The Morgan fingerprint density at radius 1 is 1.42 bits per heavy atom. The molecule has 7 heteroatoms. The zero-order chi connectivity index (χ0) is 13.8. The summed E-state index contributed by atoms with van der Waals surface area (Å²) in [6.45, 7) is 3.79. The monoisotopic (exact) mass is 277 g/mol. The average Bonchev–Trinajstić information content (AvgIpc) is 2.77. The van der Waals surface area contributed by atoms with Crippen molar-refractivity contribution < 1.29 is 4.79 Å². The van der Waals surface area contributed by atoms with Gasteiger partial charge in [-0.3, -0.25) is 4.79 Å². The highest BCUT2D eigenvalue weighted by atomic mass is 32.2. The first kappa shape index (κ1) is 13.4. The number of hydrogen-bond acceptors (Lipinski definition) is 5. The number of thioether (sulfide) groups is 1. The van der Waals surface area contributed by atoms with Gasteiger partial charge in [0.2, 0.25) is 17.0 Å². The Balaban J connectivity index is 1.94. The van der Waals surface area contributed by atoms with Crippen LogP contribution in [0.3, 0.4) is 0 Å². The van der Waals surface area contributed by atoms with Crippen LogP contribution in [0.25, 0.3) is 0 Å². The minimum Gasteiger partial charge on any atom is -0.368 e. The van der Waals surface area contributed by atoms with Gasteiger partial charge in [0.1, 0.15) is 0 Å². The van der Waals surface area contributed by atoms with Gasteiger partial charge in [-0.2, -0.15) is 4.98 Å². The van der Waals surface area contributed by atoms with Crippen LogP contribution in [0.4, 0.5) is 11.6 Å². The Morgan fingerprint density at radius 3 is 2.68 bits per heavy atom. The van der Waals surface area contributed by atoms with E-state index < -0.39 is 0 Å². The van der Waals surface area contributed by atoms with Crippen LogP contribution in [0.2, 0.25) is 0 Å². The summed E-state index contributed by atoms with van der Waals surface area (Å²) in [6.07, 6.45) is 0. The number of aromatic nitrogens is 3. The van der Waals surface area contributed by atoms with Crippen LogP contribution in [-0.4, -0.2) is 26.3 Å². The summed E-state index contributed by atoms with van der Waals surface area (Å²) in [5.74, 6) is 0.144. The maximum Gasteiger partial charge on any atom is 0.237 e. The van der Waals surface area contributed by atoms with Gasteiger partial charge in [0.05, 0.1) is 5.25 Å². The average molecular weight is 277 g/mol. The third kappa shape index (κ3) is 3.72. The summed E-state index contributed by atoms with van der Waals surface area (Å²) in [5.41, 5.74) is 7.35. The van der Waals surface area contributed by atoms with Crippen molar-refractivity contribution in [1.82, 2.24) is 15.2 Å². The van der Waals surface area contributed by atoms with Crippen molar-refractivity contribution in [2.24, 2.45) is 0 Å². The molecule has 6 nitrogen and oxygen atoms in total. The molecule has 0 spiro atoms. The number of carbonyl (C=O) groups is 1. The molecule has 0 saturated carbocycles. The van der Waals surface area contributed by atoms with E-state index in [1.807, 2.05) is 31.2 Å². The van der Waals surface area contributed by atoms with Gasteiger partial charge in [-0.15, -0.1) is 5.10 Å². The molecule has 2 rings (SSSR count). The van der Waals surface area contributed by atoms with Gasteiger partial charge < -0.3 is 11.1 Å². The van der Waals surface area contributed by atoms with Crippen molar-refractivity contribution in [2.45, 2.75) is 24.3 Å². The minimum absolute atomic E-state index is 0.0998. The lowest BCUT2D eigenvalue weighted by atomic mass is 10.2. The smallest absolute Gasteiger partial charge is 0.237 e. The molecule has 2 aromatic rings. The number of carbonyl (C=O) groups excluding carboxylic acids is 1. The molecule has 0 saturated heterocycles. The van der Waals surface area contributed by atoms with E-state index in [1.165, 1.54) is 11.8 Å². The number of rotatable bonds is 4.